The molecule has 0 amide bonds. The molecule has 8 heteroatoms. The van der Waals surface area contributed by atoms with Crippen molar-refractivity contribution in [3.63, 3.8) is 0 Å². The van der Waals surface area contributed by atoms with Crippen LogP contribution in [-0.4, -0.2) is 52.0 Å². The summed E-state index contributed by atoms with van der Waals surface area (Å²) in [6, 6.07) is 41.6. The molecule has 0 spiro atoms. The van der Waals surface area contributed by atoms with E-state index in [0.29, 0.717) is 41.8 Å². The highest BCUT2D eigenvalue weighted by Crippen LogP contribution is 2.34. The van der Waals surface area contributed by atoms with Gasteiger partial charge in [-0.2, -0.15) is 0 Å². The Labute approximate surface area is 317 Å². The number of benzene rings is 5. The molecule has 0 fully saturated rings. The fraction of sp³-hybridized carbons (Fsp3) is 0.261. The highest BCUT2D eigenvalue weighted by Gasteiger charge is 2.19. The second-order valence-corrected chi connectivity index (χ2v) is 13.2. The topological polar surface area (TPSA) is 104 Å². The number of aromatic hydroxyl groups is 1. The molecule has 1 aromatic heterocycles. The summed E-state index contributed by atoms with van der Waals surface area (Å²) in [7, 11) is 0. The fourth-order valence-corrected chi connectivity index (χ4v) is 5.96. The average molecular weight is 722 g/mol. The fourth-order valence-electron chi connectivity index (χ4n) is 5.96. The van der Waals surface area contributed by atoms with Crippen LogP contribution in [0.2, 0.25) is 0 Å². The maximum Gasteiger partial charge on any atom is 0.306 e. The number of aromatic nitrogens is 3. The maximum atomic E-state index is 12.5. The molecule has 0 aliphatic carbocycles. The zero-order chi connectivity index (χ0) is 37.5. The van der Waals surface area contributed by atoms with Gasteiger partial charge in [0.2, 0.25) is 0 Å². The summed E-state index contributed by atoms with van der Waals surface area (Å²) in [5.41, 5.74) is 6.46. The highest BCUT2D eigenvalue weighted by atomic mass is 16.6. The van der Waals surface area contributed by atoms with E-state index in [1.165, 1.54) is 6.07 Å². The Kier molecular flexibility index (Phi) is 13.5. The minimum atomic E-state index is -0.576. The number of carbonyl (C=O) groups is 1. The van der Waals surface area contributed by atoms with Crippen molar-refractivity contribution < 1.29 is 24.1 Å². The predicted molar refractivity (Wildman–Crippen MR) is 214 cm³/mol. The van der Waals surface area contributed by atoms with Crippen molar-refractivity contribution in [3.05, 3.63) is 127 Å². The first-order chi connectivity index (χ1) is 26.5. The third kappa shape index (κ3) is 10.4. The molecule has 1 heterocycles. The second-order valence-electron chi connectivity index (χ2n) is 13.2. The molecule has 5 aromatic carbocycles. The van der Waals surface area contributed by atoms with Crippen molar-refractivity contribution in [2.45, 2.75) is 58.5 Å². The van der Waals surface area contributed by atoms with Crippen LogP contribution in [-0.2, 0) is 14.3 Å². The molecule has 8 nitrogen and oxygen atoms in total. The summed E-state index contributed by atoms with van der Waals surface area (Å²) in [5.74, 6) is 1.38. The number of phenols is 1. The first-order valence-corrected chi connectivity index (χ1v) is 18.8. The van der Waals surface area contributed by atoms with E-state index in [0.717, 1.165) is 65.5 Å². The zero-order valence-corrected chi connectivity index (χ0v) is 31.0. The first-order valence-electron chi connectivity index (χ1n) is 18.8. The first kappa shape index (κ1) is 37.9. The normalized spacial score (nSPS) is 11.6. The summed E-state index contributed by atoms with van der Waals surface area (Å²) in [6.07, 6.45) is 4.50. The van der Waals surface area contributed by atoms with Crippen LogP contribution < -0.4 is 4.74 Å². The van der Waals surface area contributed by atoms with E-state index in [9.17, 15) is 9.90 Å². The Morgan fingerprint density at radius 1 is 0.593 bits per heavy atom. The van der Waals surface area contributed by atoms with Gasteiger partial charge in [0.25, 0.3) is 0 Å². The Balaban J connectivity index is 1.26. The van der Waals surface area contributed by atoms with Crippen LogP contribution in [0, 0.1) is 0 Å². The number of rotatable bonds is 18. The third-order valence-electron chi connectivity index (χ3n) is 9.01. The molecule has 0 saturated carbocycles. The van der Waals surface area contributed by atoms with Crippen molar-refractivity contribution in [1.82, 2.24) is 15.0 Å². The van der Waals surface area contributed by atoms with Crippen LogP contribution >= 0.6 is 0 Å². The van der Waals surface area contributed by atoms with Crippen molar-refractivity contribution in [2.75, 3.05) is 19.8 Å². The number of nitrogens with zero attached hydrogens (tertiary/aromatic N) is 3. The summed E-state index contributed by atoms with van der Waals surface area (Å²) in [4.78, 5) is 27.1. The SMILES string of the molecule is CCCCCC(=O)OC(COCCCC)COc1ccc(-c2nc(-c3ccc(-c4ccccc4)cc3)nc(-c3ccc(-c4ccccc4)cc3)n2)c(O)c1. The molecule has 0 radical (unpaired) electrons. The van der Waals surface area contributed by atoms with Crippen molar-refractivity contribution in [1.29, 1.82) is 0 Å². The lowest BCUT2D eigenvalue weighted by Crippen LogP contribution is -2.30. The molecule has 1 N–H and O–H groups in total. The molecule has 0 aliphatic rings. The lowest BCUT2D eigenvalue weighted by Gasteiger charge is -2.19. The van der Waals surface area contributed by atoms with Crippen LogP contribution in [0.1, 0.15) is 52.4 Å². The number of unbranched alkanes of at least 4 members (excludes halogenated alkanes) is 3. The maximum absolute atomic E-state index is 12.5. The van der Waals surface area contributed by atoms with Gasteiger partial charge in [0.15, 0.2) is 23.6 Å². The lowest BCUT2D eigenvalue weighted by molar-refractivity contribution is -0.154. The Bertz CT molecular complexity index is 1970. The van der Waals surface area contributed by atoms with E-state index in [2.05, 4.69) is 62.4 Å². The van der Waals surface area contributed by atoms with Crippen LogP contribution in [0.15, 0.2) is 127 Å². The summed E-state index contributed by atoms with van der Waals surface area (Å²) < 4.78 is 17.5. The van der Waals surface area contributed by atoms with Crippen molar-refractivity contribution in [2.24, 2.45) is 0 Å². The quantitative estimate of drug-likeness (QED) is 0.0691. The summed E-state index contributed by atoms with van der Waals surface area (Å²) in [6.45, 7) is 5.10. The van der Waals surface area contributed by atoms with Gasteiger partial charge in [-0.1, -0.05) is 142 Å². The molecule has 276 valence electrons. The molecule has 6 aromatic rings. The van der Waals surface area contributed by atoms with Gasteiger partial charge in [0.1, 0.15) is 18.1 Å². The number of hydrogen-bond acceptors (Lipinski definition) is 8. The van der Waals surface area contributed by atoms with Crippen LogP contribution in [0.5, 0.6) is 11.5 Å². The van der Waals surface area contributed by atoms with Crippen LogP contribution in [0.4, 0.5) is 0 Å². The van der Waals surface area contributed by atoms with Crippen LogP contribution in [0.25, 0.3) is 56.4 Å². The van der Waals surface area contributed by atoms with Gasteiger partial charge >= 0.3 is 5.97 Å². The third-order valence-corrected chi connectivity index (χ3v) is 9.01. The standard InChI is InChI=1S/C46H47N3O5/c1-3-5-9-18-43(51)54-40(31-52-29-6-4-2)32-53-39-27-28-41(42(50)30-39)46-48-44(37-23-19-35(20-24-37)33-14-10-7-11-15-33)47-45(49-46)38-25-21-36(22-26-38)34-16-12-8-13-17-34/h7-8,10-17,19-28,30,40,50H,3-6,9,18,29,31-32H2,1-2H3. The molecule has 1 atom stereocenters. The van der Waals surface area contributed by atoms with Gasteiger partial charge in [0.05, 0.1) is 12.2 Å². The minimum absolute atomic E-state index is 0.0539. The number of hydrogen-bond donors (Lipinski definition) is 1. The van der Waals surface area contributed by atoms with Gasteiger partial charge in [-0.3, -0.25) is 4.79 Å². The monoisotopic (exact) mass is 721 g/mol. The smallest absolute Gasteiger partial charge is 0.306 e. The number of phenolic OH excluding ortho intramolecular Hbond substituents is 1. The van der Waals surface area contributed by atoms with Gasteiger partial charge in [-0.15, -0.1) is 0 Å². The minimum Gasteiger partial charge on any atom is -0.507 e. The highest BCUT2D eigenvalue weighted by molar-refractivity contribution is 5.74. The van der Waals surface area contributed by atoms with Crippen molar-refractivity contribution in [3.8, 4) is 67.9 Å². The molecular weight excluding hydrogens is 675 g/mol. The van der Waals surface area contributed by atoms with E-state index in [4.69, 9.17) is 29.2 Å². The summed E-state index contributed by atoms with van der Waals surface area (Å²) >= 11 is 0. The summed E-state index contributed by atoms with van der Waals surface area (Å²) in [5, 5.41) is 11.3. The predicted octanol–water partition coefficient (Wildman–Crippen LogP) is 10.6. The average Bonchev–Trinajstić information content (AvgIpc) is 3.22. The molecule has 0 bridgehead atoms. The second kappa shape index (κ2) is 19.3. The zero-order valence-electron chi connectivity index (χ0n) is 31.0. The van der Waals surface area contributed by atoms with Gasteiger partial charge in [-0.25, -0.2) is 15.0 Å². The van der Waals surface area contributed by atoms with E-state index in [1.807, 2.05) is 60.7 Å². The molecule has 1 unspecified atom stereocenters. The van der Waals surface area contributed by atoms with Gasteiger partial charge in [0, 0.05) is 30.2 Å². The van der Waals surface area contributed by atoms with Crippen molar-refractivity contribution >= 4 is 5.97 Å². The van der Waals surface area contributed by atoms with E-state index in [1.54, 1.807) is 12.1 Å². The number of esters is 1. The Hall–Kier alpha value is -5.86. The largest absolute Gasteiger partial charge is 0.507 e. The van der Waals surface area contributed by atoms with E-state index < -0.39 is 6.10 Å². The van der Waals surface area contributed by atoms with E-state index in [-0.39, 0.29) is 24.9 Å². The number of carbonyl (C=O) groups excluding carboxylic acids is 1. The van der Waals surface area contributed by atoms with E-state index >= 15 is 0 Å². The molecule has 54 heavy (non-hydrogen) atoms. The Morgan fingerprint density at radius 2 is 1.11 bits per heavy atom. The molecule has 0 saturated heterocycles. The van der Waals surface area contributed by atoms with Gasteiger partial charge in [-0.05, 0) is 47.2 Å². The lowest BCUT2D eigenvalue weighted by atomic mass is 10.0. The molecular formula is C46H47N3O5. The van der Waals surface area contributed by atoms with Gasteiger partial charge < -0.3 is 19.3 Å². The number of ether oxygens (including phenoxy) is 3. The molecule has 0 aliphatic heterocycles. The Morgan fingerprint density at radius 3 is 1.65 bits per heavy atom. The molecule has 6 rings (SSSR count). The van der Waals surface area contributed by atoms with Crippen LogP contribution in [0.3, 0.4) is 0 Å².